The molecule has 0 saturated heterocycles. The number of rotatable bonds is 1. The van der Waals surface area contributed by atoms with E-state index in [1.807, 2.05) is 6.07 Å². The summed E-state index contributed by atoms with van der Waals surface area (Å²) >= 11 is 0. The average molecular weight is 206 g/mol. The molecular formula is C13H15FO. The fourth-order valence-electron chi connectivity index (χ4n) is 2.32. The van der Waals surface area contributed by atoms with E-state index in [0.29, 0.717) is 24.5 Å². The first-order chi connectivity index (χ1) is 7.16. The van der Waals surface area contributed by atoms with Crippen molar-refractivity contribution in [1.82, 2.24) is 0 Å². The fraction of sp³-hybridized carbons (Fsp3) is 0.462. The minimum Gasteiger partial charge on any atom is -0.300 e. The zero-order valence-corrected chi connectivity index (χ0v) is 8.87. The molecule has 0 radical (unpaired) electrons. The SMILES string of the molecule is CC1CCC(=O)CC1c1cccc(F)c1. The van der Waals surface area contributed by atoms with Crippen LogP contribution in [-0.2, 0) is 4.79 Å². The van der Waals surface area contributed by atoms with E-state index >= 15 is 0 Å². The third-order valence-corrected chi connectivity index (χ3v) is 3.29. The molecule has 15 heavy (non-hydrogen) atoms. The van der Waals surface area contributed by atoms with Crippen molar-refractivity contribution in [1.29, 1.82) is 0 Å². The molecule has 1 aliphatic carbocycles. The molecule has 80 valence electrons. The molecule has 2 unspecified atom stereocenters. The highest BCUT2D eigenvalue weighted by atomic mass is 19.1. The molecular weight excluding hydrogens is 191 g/mol. The van der Waals surface area contributed by atoms with Gasteiger partial charge in [0.25, 0.3) is 0 Å². The molecule has 0 aromatic heterocycles. The molecule has 0 bridgehead atoms. The van der Waals surface area contributed by atoms with Crippen molar-refractivity contribution in [3.8, 4) is 0 Å². The molecule has 1 aliphatic rings. The topological polar surface area (TPSA) is 17.1 Å². The zero-order valence-electron chi connectivity index (χ0n) is 8.87. The number of ketones is 1. The van der Waals surface area contributed by atoms with Gasteiger partial charge in [0.2, 0.25) is 0 Å². The normalized spacial score (nSPS) is 26.7. The summed E-state index contributed by atoms with van der Waals surface area (Å²) in [5.74, 6) is 0.784. The van der Waals surface area contributed by atoms with Crippen LogP contribution in [0.2, 0.25) is 0 Å². The van der Waals surface area contributed by atoms with E-state index in [0.717, 1.165) is 12.0 Å². The minimum atomic E-state index is -0.210. The summed E-state index contributed by atoms with van der Waals surface area (Å²) in [4.78, 5) is 11.4. The molecule has 1 aromatic rings. The van der Waals surface area contributed by atoms with E-state index in [4.69, 9.17) is 0 Å². The number of hydrogen-bond acceptors (Lipinski definition) is 1. The maximum Gasteiger partial charge on any atom is 0.133 e. The van der Waals surface area contributed by atoms with Crippen molar-refractivity contribution in [2.45, 2.75) is 32.1 Å². The van der Waals surface area contributed by atoms with Crippen LogP contribution in [0.4, 0.5) is 4.39 Å². The summed E-state index contributed by atoms with van der Waals surface area (Å²) in [6.07, 6.45) is 2.19. The van der Waals surface area contributed by atoms with Crippen molar-refractivity contribution in [2.75, 3.05) is 0 Å². The molecule has 0 amide bonds. The Hall–Kier alpha value is -1.18. The van der Waals surface area contributed by atoms with Gasteiger partial charge in [-0.15, -0.1) is 0 Å². The second-order valence-electron chi connectivity index (χ2n) is 4.42. The van der Waals surface area contributed by atoms with Crippen molar-refractivity contribution < 1.29 is 9.18 Å². The molecule has 2 rings (SSSR count). The third kappa shape index (κ3) is 2.25. The molecule has 1 saturated carbocycles. The zero-order chi connectivity index (χ0) is 10.8. The van der Waals surface area contributed by atoms with Crippen LogP contribution >= 0.6 is 0 Å². The van der Waals surface area contributed by atoms with Gasteiger partial charge in [-0.3, -0.25) is 4.79 Å². The number of carbonyl (C=O) groups is 1. The Bertz CT molecular complexity index is 373. The van der Waals surface area contributed by atoms with E-state index in [-0.39, 0.29) is 11.7 Å². The maximum absolute atomic E-state index is 13.1. The smallest absolute Gasteiger partial charge is 0.133 e. The lowest BCUT2D eigenvalue weighted by atomic mass is 9.76. The number of hydrogen-bond donors (Lipinski definition) is 0. The van der Waals surface area contributed by atoms with Gasteiger partial charge in [-0.2, -0.15) is 0 Å². The molecule has 2 atom stereocenters. The Labute approximate surface area is 89.3 Å². The second kappa shape index (κ2) is 4.13. The molecule has 1 fully saturated rings. The van der Waals surface area contributed by atoms with Crippen LogP contribution in [0, 0.1) is 11.7 Å². The van der Waals surface area contributed by atoms with Crippen LogP contribution in [0.3, 0.4) is 0 Å². The van der Waals surface area contributed by atoms with Crippen LogP contribution in [0.25, 0.3) is 0 Å². The van der Waals surface area contributed by atoms with Gasteiger partial charge in [0.1, 0.15) is 11.6 Å². The lowest BCUT2D eigenvalue weighted by Gasteiger charge is -2.28. The molecule has 2 heteroatoms. The lowest BCUT2D eigenvalue weighted by Crippen LogP contribution is -2.21. The van der Waals surface area contributed by atoms with Crippen LogP contribution in [-0.4, -0.2) is 5.78 Å². The Kier molecular flexibility index (Phi) is 2.85. The highest BCUT2D eigenvalue weighted by Crippen LogP contribution is 2.35. The fourth-order valence-corrected chi connectivity index (χ4v) is 2.32. The van der Waals surface area contributed by atoms with Crippen molar-refractivity contribution >= 4 is 5.78 Å². The van der Waals surface area contributed by atoms with Crippen LogP contribution in [0.15, 0.2) is 24.3 Å². The van der Waals surface area contributed by atoms with Crippen molar-refractivity contribution in [3.63, 3.8) is 0 Å². The molecule has 0 heterocycles. The van der Waals surface area contributed by atoms with E-state index in [1.165, 1.54) is 6.07 Å². The number of halogens is 1. The predicted molar refractivity (Wildman–Crippen MR) is 57.2 cm³/mol. The van der Waals surface area contributed by atoms with E-state index in [1.54, 1.807) is 12.1 Å². The molecule has 1 nitrogen and oxygen atoms in total. The summed E-state index contributed by atoms with van der Waals surface area (Å²) in [7, 11) is 0. The van der Waals surface area contributed by atoms with Crippen LogP contribution in [0.5, 0.6) is 0 Å². The Morgan fingerprint density at radius 2 is 2.20 bits per heavy atom. The predicted octanol–water partition coefficient (Wildman–Crippen LogP) is 3.30. The first kappa shape index (κ1) is 10.3. The van der Waals surface area contributed by atoms with Crippen molar-refractivity contribution in [2.24, 2.45) is 5.92 Å². The van der Waals surface area contributed by atoms with E-state index in [2.05, 4.69) is 6.92 Å². The monoisotopic (exact) mass is 206 g/mol. The Morgan fingerprint density at radius 1 is 1.40 bits per heavy atom. The van der Waals surface area contributed by atoms with Gasteiger partial charge in [-0.05, 0) is 36.0 Å². The number of carbonyl (C=O) groups excluding carboxylic acids is 1. The average Bonchev–Trinajstić information content (AvgIpc) is 2.22. The van der Waals surface area contributed by atoms with Gasteiger partial charge in [-0.1, -0.05) is 19.1 Å². The van der Waals surface area contributed by atoms with Crippen LogP contribution in [0.1, 0.15) is 37.7 Å². The maximum atomic E-state index is 13.1. The summed E-state index contributed by atoms with van der Waals surface area (Å²) in [6.45, 7) is 2.14. The largest absolute Gasteiger partial charge is 0.300 e. The van der Waals surface area contributed by atoms with Gasteiger partial charge in [0.05, 0.1) is 0 Å². The molecule has 1 aromatic carbocycles. The van der Waals surface area contributed by atoms with Gasteiger partial charge < -0.3 is 0 Å². The van der Waals surface area contributed by atoms with Gasteiger partial charge >= 0.3 is 0 Å². The van der Waals surface area contributed by atoms with Gasteiger partial charge in [0, 0.05) is 12.8 Å². The van der Waals surface area contributed by atoms with Gasteiger partial charge in [-0.25, -0.2) is 4.39 Å². The molecule has 0 N–H and O–H groups in total. The quantitative estimate of drug-likeness (QED) is 0.689. The number of benzene rings is 1. The van der Waals surface area contributed by atoms with Gasteiger partial charge in [0.15, 0.2) is 0 Å². The number of Topliss-reactive ketones (excluding diaryl/α,β-unsaturated/α-hetero) is 1. The summed E-state index contributed by atoms with van der Waals surface area (Å²) in [6, 6.07) is 6.64. The first-order valence-electron chi connectivity index (χ1n) is 5.44. The minimum absolute atomic E-state index is 0.210. The highest BCUT2D eigenvalue weighted by molar-refractivity contribution is 5.80. The lowest BCUT2D eigenvalue weighted by molar-refractivity contribution is -0.121. The molecule has 0 aliphatic heterocycles. The summed E-state index contributed by atoms with van der Waals surface area (Å²) in [5.41, 5.74) is 0.968. The summed E-state index contributed by atoms with van der Waals surface area (Å²) < 4.78 is 13.1. The highest BCUT2D eigenvalue weighted by Gasteiger charge is 2.27. The second-order valence-corrected chi connectivity index (χ2v) is 4.42. The van der Waals surface area contributed by atoms with E-state index in [9.17, 15) is 9.18 Å². The Balaban J connectivity index is 2.24. The van der Waals surface area contributed by atoms with E-state index < -0.39 is 0 Å². The van der Waals surface area contributed by atoms with Crippen molar-refractivity contribution in [3.05, 3.63) is 35.6 Å². The Morgan fingerprint density at radius 3 is 2.93 bits per heavy atom. The first-order valence-corrected chi connectivity index (χ1v) is 5.44. The third-order valence-electron chi connectivity index (χ3n) is 3.29. The van der Waals surface area contributed by atoms with Crippen LogP contribution < -0.4 is 0 Å². The molecule has 0 spiro atoms. The summed E-state index contributed by atoms with van der Waals surface area (Å²) in [5, 5.41) is 0. The standard InChI is InChI=1S/C13H15FO/c1-9-5-6-12(15)8-13(9)10-3-2-4-11(14)7-10/h2-4,7,9,13H,5-6,8H2,1H3.